The molecule has 0 aliphatic carbocycles. The lowest BCUT2D eigenvalue weighted by atomic mass is 10.2. The van der Waals surface area contributed by atoms with Crippen molar-refractivity contribution >= 4 is 23.5 Å². The Morgan fingerprint density at radius 1 is 0.958 bits per heavy atom. The number of carbonyl (C=O) groups is 2. The molecule has 0 saturated heterocycles. The summed E-state index contributed by atoms with van der Waals surface area (Å²) in [4.78, 5) is 23.1. The maximum Gasteiger partial charge on any atom is 0.411 e. The van der Waals surface area contributed by atoms with Crippen LogP contribution in [-0.2, 0) is 11.3 Å². The van der Waals surface area contributed by atoms with Gasteiger partial charge in [0.1, 0.15) is 5.75 Å². The first-order chi connectivity index (χ1) is 11.6. The van der Waals surface area contributed by atoms with E-state index in [1.54, 1.807) is 31.4 Å². The number of hydrogen-bond acceptors (Lipinski definition) is 4. The lowest BCUT2D eigenvalue weighted by Gasteiger charge is -2.10. The van der Waals surface area contributed by atoms with Gasteiger partial charge in [0.05, 0.1) is 14.2 Å². The molecule has 3 N–H and O–H groups in total. The third kappa shape index (κ3) is 5.20. The van der Waals surface area contributed by atoms with Gasteiger partial charge in [0.2, 0.25) is 0 Å². The molecular weight excluding hydrogens is 310 g/mol. The van der Waals surface area contributed by atoms with E-state index in [9.17, 15) is 9.59 Å². The van der Waals surface area contributed by atoms with E-state index in [4.69, 9.17) is 4.74 Å². The number of hydrogen-bond donors (Lipinski definition) is 3. The molecule has 0 aliphatic rings. The quantitative estimate of drug-likeness (QED) is 0.786. The van der Waals surface area contributed by atoms with Crippen LogP contribution in [0.3, 0.4) is 0 Å². The zero-order valence-corrected chi connectivity index (χ0v) is 13.5. The Labute approximate surface area is 140 Å². The van der Waals surface area contributed by atoms with Gasteiger partial charge < -0.3 is 20.1 Å². The van der Waals surface area contributed by atoms with Crippen LogP contribution in [0.5, 0.6) is 5.75 Å². The van der Waals surface area contributed by atoms with Crippen molar-refractivity contribution < 1.29 is 19.1 Å². The summed E-state index contributed by atoms with van der Waals surface area (Å²) in [5, 5.41) is 7.98. The average Bonchev–Trinajstić information content (AvgIpc) is 2.60. The second kappa shape index (κ2) is 8.42. The van der Waals surface area contributed by atoms with Crippen molar-refractivity contribution in [1.82, 2.24) is 5.32 Å². The van der Waals surface area contributed by atoms with E-state index in [1.165, 1.54) is 7.11 Å². The van der Waals surface area contributed by atoms with Gasteiger partial charge in [0, 0.05) is 17.9 Å². The van der Waals surface area contributed by atoms with Crippen LogP contribution in [0.4, 0.5) is 21.0 Å². The summed E-state index contributed by atoms with van der Waals surface area (Å²) in [7, 11) is 2.87. The zero-order valence-electron chi connectivity index (χ0n) is 13.5. The number of benzene rings is 2. The summed E-state index contributed by atoms with van der Waals surface area (Å²) in [6.45, 7) is 0.364. The van der Waals surface area contributed by atoms with Crippen LogP contribution < -0.4 is 20.7 Å². The normalized spacial score (nSPS) is 9.75. The highest BCUT2D eigenvalue weighted by molar-refractivity contribution is 5.91. The SMILES string of the molecule is COC(=O)Nc1cccc(NC(=O)NCc2cccc(OC)c2)c1. The molecule has 0 spiro atoms. The molecule has 0 aliphatic heterocycles. The van der Waals surface area contributed by atoms with Crippen LogP contribution in [0.15, 0.2) is 48.5 Å². The average molecular weight is 329 g/mol. The number of carbonyl (C=O) groups excluding carboxylic acids is 2. The molecule has 2 aromatic carbocycles. The lowest BCUT2D eigenvalue weighted by Crippen LogP contribution is -2.28. The van der Waals surface area contributed by atoms with Crippen LogP contribution in [0, 0.1) is 0 Å². The van der Waals surface area contributed by atoms with Gasteiger partial charge in [-0.2, -0.15) is 0 Å². The molecule has 0 saturated carbocycles. The first kappa shape index (κ1) is 17.1. The minimum Gasteiger partial charge on any atom is -0.497 e. The van der Waals surface area contributed by atoms with Gasteiger partial charge in [-0.15, -0.1) is 0 Å². The van der Waals surface area contributed by atoms with E-state index < -0.39 is 6.09 Å². The third-order valence-corrected chi connectivity index (χ3v) is 3.14. The summed E-state index contributed by atoms with van der Waals surface area (Å²) in [6.07, 6.45) is -0.574. The third-order valence-electron chi connectivity index (χ3n) is 3.14. The van der Waals surface area contributed by atoms with Crippen molar-refractivity contribution in [2.24, 2.45) is 0 Å². The van der Waals surface area contributed by atoms with Gasteiger partial charge >= 0.3 is 12.1 Å². The fourth-order valence-electron chi connectivity index (χ4n) is 1.98. The molecule has 0 bridgehead atoms. The van der Waals surface area contributed by atoms with E-state index in [0.29, 0.717) is 17.9 Å². The van der Waals surface area contributed by atoms with Gasteiger partial charge in [-0.3, -0.25) is 5.32 Å². The standard InChI is InChI=1S/C17H19N3O4/c1-23-15-8-3-5-12(9-15)11-18-16(21)19-13-6-4-7-14(10-13)20-17(22)24-2/h3-10H,11H2,1-2H3,(H,20,22)(H2,18,19,21). The summed E-state index contributed by atoms with van der Waals surface area (Å²) in [5.41, 5.74) is 1.99. The van der Waals surface area contributed by atoms with Gasteiger partial charge in [-0.1, -0.05) is 18.2 Å². The molecule has 0 atom stereocenters. The Balaban J connectivity index is 1.90. The Kier molecular flexibility index (Phi) is 6.01. The van der Waals surface area contributed by atoms with Crippen molar-refractivity contribution in [3.63, 3.8) is 0 Å². The number of methoxy groups -OCH3 is 2. The number of ether oxygens (including phenoxy) is 2. The van der Waals surface area contributed by atoms with Gasteiger partial charge in [0.25, 0.3) is 0 Å². The molecule has 7 nitrogen and oxygen atoms in total. The second-order valence-electron chi connectivity index (χ2n) is 4.86. The monoisotopic (exact) mass is 329 g/mol. The predicted octanol–water partition coefficient (Wildman–Crippen LogP) is 3.20. The molecule has 24 heavy (non-hydrogen) atoms. The van der Waals surface area contributed by atoms with E-state index in [2.05, 4.69) is 20.7 Å². The van der Waals surface area contributed by atoms with E-state index in [0.717, 1.165) is 11.3 Å². The van der Waals surface area contributed by atoms with Crippen molar-refractivity contribution in [1.29, 1.82) is 0 Å². The molecule has 2 aromatic rings. The van der Waals surface area contributed by atoms with Gasteiger partial charge in [-0.05, 0) is 35.9 Å². The van der Waals surface area contributed by atoms with Crippen LogP contribution in [0.25, 0.3) is 0 Å². The van der Waals surface area contributed by atoms with E-state index in [-0.39, 0.29) is 6.03 Å². The fourth-order valence-corrected chi connectivity index (χ4v) is 1.98. The smallest absolute Gasteiger partial charge is 0.411 e. The lowest BCUT2D eigenvalue weighted by molar-refractivity contribution is 0.187. The summed E-state index contributed by atoms with van der Waals surface area (Å²) in [5.74, 6) is 0.733. The Morgan fingerprint density at radius 2 is 1.67 bits per heavy atom. The highest BCUT2D eigenvalue weighted by atomic mass is 16.5. The maximum atomic E-state index is 12.0. The molecule has 3 amide bonds. The minimum atomic E-state index is -0.574. The molecule has 0 unspecified atom stereocenters. The Hall–Kier alpha value is -3.22. The number of rotatable bonds is 5. The maximum absolute atomic E-state index is 12.0. The first-order valence-electron chi connectivity index (χ1n) is 7.23. The molecule has 0 aromatic heterocycles. The van der Waals surface area contributed by atoms with Crippen LogP contribution in [0.1, 0.15) is 5.56 Å². The summed E-state index contributed by atoms with van der Waals surface area (Å²) >= 11 is 0. The van der Waals surface area contributed by atoms with Crippen molar-refractivity contribution in [3.8, 4) is 5.75 Å². The molecule has 0 radical (unpaired) electrons. The number of anilines is 2. The van der Waals surface area contributed by atoms with Crippen LogP contribution in [-0.4, -0.2) is 26.3 Å². The minimum absolute atomic E-state index is 0.354. The molecule has 7 heteroatoms. The molecule has 0 fully saturated rings. The van der Waals surface area contributed by atoms with Crippen molar-refractivity contribution in [2.45, 2.75) is 6.54 Å². The van der Waals surface area contributed by atoms with Crippen molar-refractivity contribution in [2.75, 3.05) is 24.9 Å². The molecule has 2 rings (SSSR count). The highest BCUT2D eigenvalue weighted by Gasteiger charge is 2.05. The number of amides is 3. The Bertz CT molecular complexity index is 718. The Morgan fingerprint density at radius 3 is 2.38 bits per heavy atom. The van der Waals surface area contributed by atoms with E-state index in [1.807, 2.05) is 24.3 Å². The summed E-state index contributed by atoms with van der Waals surface area (Å²) in [6, 6.07) is 13.8. The first-order valence-corrected chi connectivity index (χ1v) is 7.23. The van der Waals surface area contributed by atoms with Gasteiger partial charge in [-0.25, -0.2) is 9.59 Å². The molecular formula is C17H19N3O4. The second-order valence-corrected chi connectivity index (χ2v) is 4.86. The van der Waals surface area contributed by atoms with Crippen LogP contribution >= 0.6 is 0 Å². The van der Waals surface area contributed by atoms with Gasteiger partial charge in [0.15, 0.2) is 0 Å². The largest absolute Gasteiger partial charge is 0.497 e. The predicted molar refractivity (Wildman–Crippen MR) is 91.3 cm³/mol. The summed E-state index contributed by atoms with van der Waals surface area (Å²) < 4.78 is 9.66. The zero-order chi connectivity index (χ0) is 17.4. The molecule has 126 valence electrons. The van der Waals surface area contributed by atoms with Crippen molar-refractivity contribution in [3.05, 3.63) is 54.1 Å². The van der Waals surface area contributed by atoms with Crippen LogP contribution in [0.2, 0.25) is 0 Å². The number of urea groups is 1. The fraction of sp³-hybridized carbons (Fsp3) is 0.176. The van der Waals surface area contributed by atoms with E-state index >= 15 is 0 Å². The highest BCUT2D eigenvalue weighted by Crippen LogP contribution is 2.15. The molecule has 0 heterocycles. The topological polar surface area (TPSA) is 88.7 Å². The number of nitrogens with one attached hydrogen (secondary N) is 3.